The number of urea groups is 1. The summed E-state index contributed by atoms with van der Waals surface area (Å²) in [4.78, 5) is 46.0. The molecule has 2 N–H and O–H groups in total. The Bertz CT molecular complexity index is 1190. The molecular formula is C31H41N5O3. The van der Waals surface area contributed by atoms with E-state index in [2.05, 4.69) is 29.7 Å². The molecule has 0 radical (unpaired) electrons. The number of anilines is 1. The average molecular weight is 532 g/mol. The number of likely N-dealkylation sites (tertiary alicyclic amines) is 1. The zero-order valence-corrected chi connectivity index (χ0v) is 23.4. The minimum Gasteiger partial charge on any atom is -0.341 e. The molecule has 3 aliphatic rings. The van der Waals surface area contributed by atoms with Gasteiger partial charge in [-0.25, -0.2) is 4.79 Å². The summed E-state index contributed by atoms with van der Waals surface area (Å²) in [6.45, 7) is 9.18. The Kier molecular flexibility index (Phi) is 7.93. The van der Waals surface area contributed by atoms with Crippen LogP contribution in [0.1, 0.15) is 51.2 Å². The first-order valence-electron chi connectivity index (χ1n) is 14.3. The molecule has 0 aliphatic carbocycles. The second-order valence-electron chi connectivity index (χ2n) is 11.7. The standard InChI is InChI=1S/C31H41N5O3/c1-22-21-35(20-17-32-22)30(39)33-26(14-13-23-9-5-4-6-10-23)28(37)34-18-15-24(16-19-34)36-27-12-8-7-11-25(27)31(2,3)29(36)38/h4-12,22,24,26,32H,13-21H2,1-3H3,(H,33,39)/t22-,26+/m1/s1. The Morgan fingerprint density at radius 3 is 2.41 bits per heavy atom. The van der Waals surface area contributed by atoms with Gasteiger partial charge in [0.1, 0.15) is 6.04 Å². The Balaban J connectivity index is 1.25. The molecule has 0 spiro atoms. The van der Waals surface area contributed by atoms with Gasteiger partial charge in [0.25, 0.3) is 0 Å². The van der Waals surface area contributed by atoms with Crippen LogP contribution in [0, 0.1) is 0 Å². The summed E-state index contributed by atoms with van der Waals surface area (Å²) in [5, 5.41) is 6.43. The maximum absolute atomic E-state index is 13.8. The first-order chi connectivity index (χ1) is 18.8. The summed E-state index contributed by atoms with van der Waals surface area (Å²) >= 11 is 0. The largest absolute Gasteiger partial charge is 0.341 e. The van der Waals surface area contributed by atoms with Gasteiger partial charge in [-0.05, 0) is 63.6 Å². The Morgan fingerprint density at radius 1 is 1.00 bits per heavy atom. The number of aryl methyl sites for hydroxylation is 1. The van der Waals surface area contributed by atoms with E-state index >= 15 is 0 Å². The lowest BCUT2D eigenvalue weighted by molar-refractivity contribution is -0.134. The lowest BCUT2D eigenvalue weighted by Gasteiger charge is -2.39. The van der Waals surface area contributed by atoms with Crippen molar-refractivity contribution in [3.05, 3.63) is 65.7 Å². The van der Waals surface area contributed by atoms with Crippen molar-refractivity contribution in [2.24, 2.45) is 0 Å². The van der Waals surface area contributed by atoms with Gasteiger partial charge in [0, 0.05) is 50.5 Å². The summed E-state index contributed by atoms with van der Waals surface area (Å²) in [6.07, 6.45) is 2.69. The number of benzene rings is 2. The number of nitrogens with one attached hydrogen (secondary N) is 2. The molecule has 0 bridgehead atoms. The number of amides is 4. The molecule has 39 heavy (non-hydrogen) atoms. The molecular weight excluding hydrogens is 490 g/mol. The van der Waals surface area contributed by atoms with Crippen molar-refractivity contribution in [3.63, 3.8) is 0 Å². The third-order valence-corrected chi connectivity index (χ3v) is 8.55. The molecule has 2 aromatic carbocycles. The fourth-order valence-electron chi connectivity index (χ4n) is 6.24. The number of nitrogens with zero attached hydrogens (tertiary/aromatic N) is 3. The average Bonchev–Trinajstić information content (AvgIpc) is 3.16. The first-order valence-corrected chi connectivity index (χ1v) is 14.3. The van der Waals surface area contributed by atoms with Crippen LogP contribution in [0.2, 0.25) is 0 Å². The number of hydrogen-bond donors (Lipinski definition) is 2. The summed E-state index contributed by atoms with van der Waals surface area (Å²) in [5.41, 5.74) is 2.67. The molecule has 0 saturated carbocycles. The molecule has 8 heteroatoms. The number of carbonyl (C=O) groups is 3. The minimum atomic E-state index is -0.590. The van der Waals surface area contributed by atoms with Crippen LogP contribution < -0.4 is 15.5 Å². The maximum atomic E-state index is 13.8. The van der Waals surface area contributed by atoms with Crippen molar-refractivity contribution in [2.45, 2.75) is 70.0 Å². The Hall–Kier alpha value is -3.39. The lowest BCUT2D eigenvalue weighted by atomic mass is 9.86. The molecule has 8 nitrogen and oxygen atoms in total. The highest BCUT2D eigenvalue weighted by molar-refractivity contribution is 6.08. The highest BCUT2D eigenvalue weighted by atomic mass is 16.2. The van der Waals surface area contributed by atoms with Crippen molar-refractivity contribution in [2.75, 3.05) is 37.6 Å². The molecule has 208 valence electrons. The van der Waals surface area contributed by atoms with Gasteiger partial charge >= 0.3 is 6.03 Å². The van der Waals surface area contributed by atoms with Gasteiger partial charge < -0.3 is 25.3 Å². The number of hydrogen-bond acceptors (Lipinski definition) is 4. The van der Waals surface area contributed by atoms with E-state index < -0.39 is 11.5 Å². The lowest BCUT2D eigenvalue weighted by Crippen LogP contribution is -2.58. The van der Waals surface area contributed by atoms with Crippen molar-refractivity contribution in [3.8, 4) is 0 Å². The van der Waals surface area contributed by atoms with Crippen LogP contribution in [-0.4, -0.2) is 78.5 Å². The van der Waals surface area contributed by atoms with Crippen LogP contribution in [-0.2, 0) is 21.4 Å². The van der Waals surface area contributed by atoms with E-state index in [1.165, 1.54) is 0 Å². The van der Waals surface area contributed by atoms with E-state index in [1.807, 2.05) is 66.1 Å². The Labute approximate surface area is 231 Å². The molecule has 2 saturated heterocycles. The smallest absolute Gasteiger partial charge is 0.318 e. The van der Waals surface area contributed by atoms with Crippen LogP contribution in [0.4, 0.5) is 10.5 Å². The molecule has 4 amide bonds. The third-order valence-electron chi connectivity index (χ3n) is 8.55. The minimum absolute atomic E-state index is 0.0330. The predicted octanol–water partition coefficient (Wildman–Crippen LogP) is 3.31. The monoisotopic (exact) mass is 531 g/mol. The molecule has 2 aromatic rings. The van der Waals surface area contributed by atoms with Crippen LogP contribution in [0.3, 0.4) is 0 Å². The van der Waals surface area contributed by atoms with E-state index in [0.717, 1.165) is 36.2 Å². The number of fused-ring (bicyclic) bond motifs is 1. The van der Waals surface area contributed by atoms with E-state index in [1.54, 1.807) is 4.90 Å². The van der Waals surface area contributed by atoms with Crippen molar-refractivity contribution < 1.29 is 14.4 Å². The van der Waals surface area contributed by atoms with E-state index in [0.29, 0.717) is 39.0 Å². The molecule has 3 aliphatic heterocycles. The van der Waals surface area contributed by atoms with E-state index in [-0.39, 0.29) is 29.9 Å². The summed E-state index contributed by atoms with van der Waals surface area (Å²) in [6, 6.07) is 17.7. The number of piperidine rings is 1. The fourth-order valence-corrected chi connectivity index (χ4v) is 6.24. The second kappa shape index (κ2) is 11.4. The van der Waals surface area contributed by atoms with Crippen molar-refractivity contribution in [1.82, 2.24) is 20.4 Å². The molecule has 0 unspecified atom stereocenters. The number of rotatable bonds is 6. The number of carbonyl (C=O) groups excluding carboxylic acids is 3. The zero-order valence-electron chi connectivity index (χ0n) is 23.4. The normalized spacial score (nSPS) is 22.0. The van der Waals surface area contributed by atoms with Gasteiger partial charge in [0.05, 0.1) is 5.41 Å². The maximum Gasteiger partial charge on any atom is 0.318 e. The van der Waals surface area contributed by atoms with Crippen LogP contribution in [0.5, 0.6) is 0 Å². The van der Waals surface area contributed by atoms with Crippen molar-refractivity contribution in [1.29, 1.82) is 0 Å². The third kappa shape index (κ3) is 5.66. The van der Waals surface area contributed by atoms with Gasteiger partial charge in [-0.1, -0.05) is 48.5 Å². The highest BCUT2D eigenvalue weighted by Gasteiger charge is 2.47. The Morgan fingerprint density at radius 2 is 1.69 bits per heavy atom. The topological polar surface area (TPSA) is 85.0 Å². The quantitative estimate of drug-likeness (QED) is 0.599. The summed E-state index contributed by atoms with van der Waals surface area (Å²) in [7, 11) is 0. The molecule has 2 fully saturated rings. The van der Waals surface area contributed by atoms with Gasteiger partial charge in [0.2, 0.25) is 11.8 Å². The van der Waals surface area contributed by atoms with Crippen molar-refractivity contribution >= 4 is 23.5 Å². The molecule has 0 aromatic heterocycles. The SMILES string of the molecule is C[C@@H]1CN(C(=O)N[C@@H](CCc2ccccc2)C(=O)N2CCC(N3C(=O)C(C)(C)c4ccccc43)CC2)CCN1. The molecule has 2 atom stereocenters. The van der Waals surface area contributed by atoms with E-state index in [4.69, 9.17) is 0 Å². The van der Waals surface area contributed by atoms with Gasteiger partial charge in [0.15, 0.2) is 0 Å². The molecule has 5 rings (SSSR count). The first kappa shape index (κ1) is 27.2. The number of piperazine rings is 1. The van der Waals surface area contributed by atoms with E-state index in [9.17, 15) is 14.4 Å². The van der Waals surface area contributed by atoms with Gasteiger partial charge in [-0.15, -0.1) is 0 Å². The highest BCUT2D eigenvalue weighted by Crippen LogP contribution is 2.43. The van der Waals surface area contributed by atoms with Gasteiger partial charge in [-0.2, -0.15) is 0 Å². The van der Waals surface area contributed by atoms with Crippen LogP contribution in [0.25, 0.3) is 0 Å². The van der Waals surface area contributed by atoms with Crippen LogP contribution >= 0.6 is 0 Å². The van der Waals surface area contributed by atoms with Gasteiger partial charge in [-0.3, -0.25) is 9.59 Å². The predicted molar refractivity (Wildman–Crippen MR) is 153 cm³/mol. The summed E-state index contributed by atoms with van der Waals surface area (Å²) < 4.78 is 0. The zero-order chi connectivity index (χ0) is 27.6. The summed E-state index contributed by atoms with van der Waals surface area (Å²) in [5.74, 6) is 0.0983. The van der Waals surface area contributed by atoms with Crippen LogP contribution in [0.15, 0.2) is 54.6 Å². The fraction of sp³-hybridized carbons (Fsp3) is 0.516. The number of para-hydroxylation sites is 1. The molecule has 3 heterocycles. The second-order valence-corrected chi connectivity index (χ2v) is 11.7.